The van der Waals surface area contributed by atoms with Crippen molar-refractivity contribution in [2.75, 3.05) is 0 Å². The number of allylic oxidation sites excluding steroid dienone is 1. The summed E-state index contributed by atoms with van der Waals surface area (Å²) in [5.74, 6) is 0. The van der Waals surface area contributed by atoms with E-state index in [1.165, 1.54) is 104 Å². The second-order valence-electron chi connectivity index (χ2n) is 15.9. The molecule has 276 valence electrons. The minimum absolute atomic E-state index is 1.06. The van der Waals surface area contributed by atoms with Gasteiger partial charge in [0.2, 0.25) is 0 Å². The summed E-state index contributed by atoms with van der Waals surface area (Å²) in [7, 11) is 0. The van der Waals surface area contributed by atoms with Crippen molar-refractivity contribution < 1.29 is 0 Å². The third-order valence-corrected chi connectivity index (χ3v) is 12.6. The van der Waals surface area contributed by atoms with Gasteiger partial charge in [-0.1, -0.05) is 170 Å². The minimum Gasteiger partial charge on any atom is -0.308 e. The van der Waals surface area contributed by atoms with Crippen LogP contribution in [0.3, 0.4) is 0 Å². The van der Waals surface area contributed by atoms with Crippen molar-refractivity contribution >= 4 is 59.9 Å². The van der Waals surface area contributed by atoms with Crippen LogP contribution in [0.25, 0.3) is 110 Å². The molecule has 0 bridgehead atoms. The maximum Gasteiger partial charge on any atom is 0.0619 e. The van der Waals surface area contributed by atoms with Crippen LogP contribution in [0, 0.1) is 0 Å². The average Bonchev–Trinajstić information content (AvgIpc) is 3.75. The highest BCUT2D eigenvalue weighted by atomic mass is 15.0. The molecule has 0 unspecified atom stereocenters. The first-order valence-corrected chi connectivity index (χ1v) is 20.7. The van der Waals surface area contributed by atoms with Crippen molar-refractivity contribution in [1.82, 2.24) is 4.57 Å². The van der Waals surface area contributed by atoms with Gasteiger partial charge in [-0.3, -0.25) is 0 Å². The van der Waals surface area contributed by atoms with Gasteiger partial charge in [-0.05, 0) is 143 Å². The van der Waals surface area contributed by atoms with Gasteiger partial charge in [-0.2, -0.15) is 0 Å². The Morgan fingerprint density at radius 2 is 0.847 bits per heavy atom. The monoisotopic (exact) mass is 749 g/mol. The third-order valence-electron chi connectivity index (χ3n) is 12.6. The Bertz CT molecular complexity index is 3420. The van der Waals surface area contributed by atoms with Crippen LogP contribution in [0.2, 0.25) is 0 Å². The summed E-state index contributed by atoms with van der Waals surface area (Å²) >= 11 is 0. The first-order chi connectivity index (χ1) is 29.3. The summed E-state index contributed by atoms with van der Waals surface area (Å²) in [6.45, 7) is 0. The Kier molecular flexibility index (Phi) is 7.74. The lowest BCUT2D eigenvalue weighted by molar-refractivity contribution is 0.990. The maximum atomic E-state index is 2.54. The van der Waals surface area contributed by atoms with Crippen LogP contribution in [0.15, 0.2) is 206 Å². The Hall–Kier alpha value is -7.48. The Morgan fingerprint density at radius 3 is 1.49 bits per heavy atom. The lowest BCUT2D eigenvalue weighted by atomic mass is 9.86. The molecule has 0 saturated heterocycles. The van der Waals surface area contributed by atoms with E-state index < -0.39 is 0 Å². The van der Waals surface area contributed by atoms with Crippen molar-refractivity contribution in [3.05, 3.63) is 217 Å². The zero-order valence-electron chi connectivity index (χ0n) is 32.6. The fourth-order valence-electron chi connectivity index (χ4n) is 9.84. The molecule has 0 amide bonds. The first kappa shape index (κ1) is 33.6. The van der Waals surface area contributed by atoms with Gasteiger partial charge in [-0.25, -0.2) is 0 Å². The Morgan fingerprint density at radius 1 is 0.339 bits per heavy atom. The van der Waals surface area contributed by atoms with E-state index in [4.69, 9.17) is 0 Å². The number of aryl methyl sites for hydroxylation is 1. The standard InChI is InChI=1S/C58H39N/c1-3-15-38(16-4-1)56-31-32-57(39-17-5-2-6-18-39)59(56)58-54-36-44(52-34-40-19-7-9-21-46(40)48-23-11-13-25-50(48)52)29-27-42(54)33-43-28-30-45(37-55(43)58)53-35-41-20-8-10-22-47(41)49-24-12-14-26-51(49)53/h1-7,9-19,21-37H,8,20H2. The van der Waals surface area contributed by atoms with Gasteiger partial charge in [0, 0.05) is 10.8 Å². The molecule has 0 radical (unpaired) electrons. The summed E-state index contributed by atoms with van der Waals surface area (Å²) in [5.41, 5.74) is 13.7. The van der Waals surface area contributed by atoms with E-state index in [0.29, 0.717) is 0 Å². The lowest BCUT2D eigenvalue weighted by Crippen LogP contribution is -2.02. The Balaban J connectivity index is 1.21. The van der Waals surface area contributed by atoms with Crippen LogP contribution < -0.4 is 0 Å². The SMILES string of the molecule is C1=Cc2c(cc(-c3ccc4cc5ccc(-c6cc7ccccc7c7ccccc67)cc5c(-n5c(-c6ccccc6)ccc5-c5ccccc5)c4c3)c3ccccc23)CC1. The van der Waals surface area contributed by atoms with E-state index in [1.807, 2.05) is 0 Å². The average molecular weight is 750 g/mol. The largest absolute Gasteiger partial charge is 0.308 e. The zero-order chi connectivity index (χ0) is 38.9. The molecule has 1 heteroatoms. The van der Waals surface area contributed by atoms with Crippen LogP contribution in [0.1, 0.15) is 17.5 Å². The normalized spacial score (nSPS) is 12.5. The summed E-state index contributed by atoms with van der Waals surface area (Å²) in [4.78, 5) is 0. The van der Waals surface area contributed by atoms with Gasteiger partial charge in [0.15, 0.2) is 0 Å². The lowest BCUT2D eigenvalue weighted by Gasteiger charge is -2.21. The number of aromatic nitrogens is 1. The van der Waals surface area contributed by atoms with Gasteiger partial charge in [0.05, 0.1) is 17.1 Å². The summed E-state index contributed by atoms with van der Waals surface area (Å²) < 4.78 is 2.54. The summed E-state index contributed by atoms with van der Waals surface area (Å²) in [6.07, 6.45) is 6.78. The Labute approximate surface area is 343 Å². The van der Waals surface area contributed by atoms with E-state index in [9.17, 15) is 0 Å². The minimum atomic E-state index is 1.06. The molecule has 1 heterocycles. The zero-order valence-corrected chi connectivity index (χ0v) is 32.6. The topological polar surface area (TPSA) is 4.93 Å². The summed E-state index contributed by atoms with van der Waals surface area (Å²) in [5, 5.41) is 12.6. The quantitative estimate of drug-likeness (QED) is 0.122. The number of fused-ring (bicyclic) bond motifs is 8. The molecule has 1 aliphatic rings. The van der Waals surface area contributed by atoms with Crippen molar-refractivity contribution in [1.29, 1.82) is 0 Å². The van der Waals surface area contributed by atoms with Crippen LogP contribution in [-0.2, 0) is 6.42 Å². The predicted octanol–water partition coefficient (Wildman–Crippen LogP) is 15.9. The molecule has 12 rings (SSSR count). The molecule has 0 atom stereocenters. The van der Waals surface area contributed by atoms with Crippen molar-refractivity contribution in [3.63, 3.8) is 0 Å². The van der Waals surface area contributed by atoms with E-state index in [0.717, 1.165) is 24.2 Å². The highest BCUT2D eigenvalue weighted by Crippen LogP contribution is 2.44. The highest BCUT2D eigenvalue weighted by Gasteiger charge is 2.21. The van der Waals surface area contributed by atoms with Crippen molar-refractivity contribution in [3.8, 4) is 50.5 Å². The smallest absolute Gasteiger partial charge is 0.0619 e. The number of benzene rings is 10. The van der Waals surface area contributed by atoms with E-state index in [-0.39, 0.29) is 0 Å². The number of nitrogens with zero attached hydrogens (tertiary/aromatic N) is 1. The molecule has 0 N–H and O–H groups in total. The molecule has 0 aliphatic heterocycles. The third kappa shape index (κ3) is 5.47. The molecular weight excluding hydrogens is 711 g/mol. The summed E-state index contributed by atoms with van der Waals surface area (Å²) in [6, 6.07) is 74.5. The molecule has 59 heavy (non-hydrogen) atoms. The first-order valence-electron chi connectivity index (χ1n) is 20.7. The second-order valence-corrected chi connectivity index (χ2v) is 15.9. The molecule has 11 aromatic rings. The van der Waals surface area contributed by atoms with E-state index in [2.05, 4.69) is 217 Å². The van der Waals surface area contributed by atoms with Crippen LogP contribution in [0.5, 0.6) is 0 Å². The van der Waals surface area contributed by atoms with Gasteiger partial charge >= 0.3 is 0 Å². The molecule has 0 saturated carbocycles. The molecule has 1 nitrogen and oxygen atoms in total. The highest BCUT2D eigenvalue weighted by molar-refractivity contribution is 6.16. The van der Waals surface area contributed by atoms with Gasteiger partial charge < -0.3 is 4.57 Å². The van der Waals surface area contributed by atoms with Crippen molar-refractivity contribution in [2.24, 2.45) is 0 Å². The van der Waals surface area contributed by atoms with E-state index in [1.54, 1.807) is 0 Å². The molecular formula is C58H39N. The van der Waals surface area contributed by atoms with Crippen LogP contribution in [-0.4, -0.2) is 4.57 Å². The molecule has 10 aromatic carbocycles. The number of rotatable bonds is 5. The van der Waals surface area contributed by atoms with Gasteiger partial charge in [0.1, 0.15) is 0 Å². The van der Waals surface area contributed by atoms with Gasteiger partial charge in [-0.15, -0.1) is 0 Å². The van der Waals surface area contributed by atoms with Crippen LogP contribution >= 0.6 is 0 Å². The fraction of sp³-hybridized carbons (Fsp3) is 0.0345. The van der Waals surface area contributed by atoms with Crippen LogP contribution in [0.4, 0.5) is 0 Å². The van der Waals surface area contributed by atoms with Crippen molar-refractivity contribution in [2.45, 2.75) is 12.8 Å². The second kappa shape index (κ2) is 13.6. The molecule has 1 aromatic heterocycles. The number of hydrogen-bond donors (Lipinski definition) is 0. The molecule has 0 spiro atoms. The number of hydrogen-bond acceptors (Lipinski definition) is 0. The van der Waals surface area contributed by atoms with Gasteiger partial charge in [0.25, 0.3) is 0 Å². The molecule has 1 aliphatic carbocycles. The predicted molar refractivity (Wildman–Crippen MR) is 252 cm³/mol. The van der Waals surface area contributed by atoms with E-state index >= 15 is 0 Å². The molecule has 0 fully saturated rings. The fourth-order valence-corrected chi connectivity index (χ4v) is 9.84. The maximum absolute atomic E-state index is 2.54.